The van der Waals surface area contributed by atoms with Gasteiger partial charge in [-0.2, -0.15) is 0 Å². The van der Waals surface area contributed by atoms with Crippen molar-refractivity contribution in [2.75, 3.05) is 13.7 Å². The first kappa shape index (κ1) is 20.4. The van der Waals surface area contributed by atoms with Crippen LogP contribution in [0.15, 0.2) is 47.0 Å². The molecule has 2 aromatic carbocycles. The van der Waals surface area contributed by atoms with Gasteiger partial charge in [-0.1, -0.05) is 6.07 Å². The molecule has 32 heavy (non-hydrogen) atoms. The van der Waals surface area contributed by atoms with Gasteiger partial charge in [0.25, 0.3) is 0 Å². The predicted molar refractivity (Wildman–Crippen MR) is 117 cm³/mol. The molecule has 2 heterocycles. The van der Waals surface area contributed by atoms with Gasteiger partial charge in [0, 0.05) is 18.8 Å². The molecule has 1 N–H and O–H groups in total. The van der Waals surface area contributed by atoms with Gasteiger partial charge in [-0.3, -0.25) is 4.90 Å². The van der Waals surface area contributed by atoms with Crippen LogP contribution in [0.5, 0.6) is 11.5 Å². The van der Waals surface area contributed by atoms with E-state index in [1.807, 2.05) is 18.2 Å². The van der Waals surface area contributed by atoms with E-state index in [2.05, 4.69) is 10.3 Å². The maximum Gasteiger partial charge on any atom is 0.322 e. The smallest absolute Gasteiger partial charge is 0.322 e. The summed E-state index contributed by atoms with van der Waals surface area (Å²) in [6, 6.07) is 9.71. The summed E-state index contributed by atoms with van der Waals surface area (Å²) in [6.07, 6.45) is 6.46. The van der Waals surface area contributed by atoms with Crippen LogP contribution in [-0.4, -0.2) is 35.7 Å². The van der Waals surface area contributed by atoms with Crippen molar-refractivity contribution in [3.8, 4) is 11.5 Å². The van der Waals surface area contributed by atoms with E-state index in [9.17, 15) is 9.18 Å². The molecular weight excluding hydrogens is 413 g/mol. The summed E-state index contributed by atoms with van der Waals surface area (Å²) >= 11 is 0. The number of benzene rings is 2. The summed E-state index contributed by atoms with van der Waals surface area (Å²) in [4.78, 5) is 18.3. The van der Waals surface area contributed by atoms with E-state index in [4.69, 9.17) is 13.9 Å². The molecule has 0 atom stereocenters. The second-order valence-electron chi connectivity index (χ2n) is 8.05. The van der Waals surface area contributed by atoms with Gasteiger partial charge in [0.15, 0.2) is 17.1 Å². The zero-order valence-electron chi connectivity index (χ0n) is 17.8. The lowest BCUT2D eigenvalue weighted by atomic mass is 10.0. The van der Waals surface area contributed by atoms with Crippen LogP contribution in [0.3, 0.4) is 0 Å². The van der Waals surface area contributed by atoms with E-state index in [-0.39, 0.29) is 18.7 Å². The lowest BCUT2D eigenvalue weighted by molar-refractivity contribution is 0.200. The number of ether oxygens (including phenoxy) is 2. The molecule has 0 saturated heterocycles. The number of nitrogens with one attached hydrogen (secondary N) is 1. The summed E-state index contributed by atoms with van der Waals surface area (Å²) in [5.41, 5.74) is 2.76. The lowest BCUT2D eigenvalue weighted by Crippen LogP contribution is -2.41. The van der Waals surface area contributed by atoms with Crippen molar-refractivity contribution < 1.29 is 23.1 Å². The van der Waals surface area contributed by atoms with Crippen LogP contribution >= 0.6 is 0 Å². The highest BCUT2D eigenvalue weighted by Crippen LogP contribution is 2.34. The maximum absolute atomic E-state index is 13.4. The van der Waals surface area contributed by atoms with Crippen LogP contribution in [0.4, 0.5) is 9.18 Å². The highest BCUT2D eigenvalue weighted by molar-refractivity contribution is 5.84. The molecule has 3 aromatic rings. The quantitative estimate of drug-likeness (QED) is 0.596. The average Bonchev–Trinajstić information content (AvgIpc) is 3.44. The molecule has 1 saturated carbocycles. The molecule has 0 bridgehead atoms. The van der Waals surface area contributed by atoms with Crippen molar-refractivity contribution in [1.82, 2.24) is 15.2 Å². The van der Waals surface area contributed by atoms with Crippen molar-refractivity contribution in [2.45, 2.75) is 38.3 Å². The van der Waals surface area contributed by atoms with Gasteiger partial charge in [-0.15, -0.1) is 0 Å². The molecule has 5 rings (SSSR count). The van der Waals surface area contributed by atoms with Crippen LogP contribution < -0.4 is 14.8 Å². The first-order valence-corrected chi connectivity index (χ1v) is 10.7. The van der Waals surface area contributed by atoms with Gasteiger partial charge < -0.3 is 19.2 Å². The molecule has 1 aromatic heterocycles. The molecule has 0 spiro atoms. The second kappa shape index (κ2) is 8.53. The van der Waals surface area contributed by atoms with Crippen molar-refractivity contribution >= 4 is 22.7 Å². The van der Waals surface area contributed by atoms with Crippen molar-refractivity contribution in [2.24, 2.45) is 0 Å². The molecule has 8 heteroatoms. The lowest BCUT2D eigenvalue weighted by Gasteiger charge is -2.25. The van der Waals surface area contributed by atoms with Crippen LogP contribution in [0.2, 0.25) is 0 Å². The van der Waals surface area contributed by atoms with Crippen molar-refractivity contribution in [1.29, 1.82) is 0 Å². The molecule has 166 valence electrons. The average molecular weight is 437 g/mol. The van der Waals surface area contributed by atoms with Crippen LogP contribution in [0, 0.1) is 5.82 Å². The van der Waals surface area contributed by atoms with E-state index in [0.29, 0.717) is 35.0 Å². The number of hydrogen-bond acceptors (Lipinski definition) is 5. The minimum atomic E-state index is -0.395. The third kappa shape index (κ3) is 4.12. The van der Waals surface area contributed by atoms with Gasteiger partial charge in [0.2, 0.25) is 5.89 Å². The van der Waals surface area contributed by atoms with Gasteiger partial charge in [-0.25, -0.2) is 14.2 Å². The number of carbonyl (C=O) groups excluding carboxylic acids is 1. The number of oxazole rings is 1. The maximum atomic E-state index is 13.4. The number of urea groups is 1. The molecule has 0 radical (unpaired) electrons. The Hall–Kier alpha value is -3.55. The van der Waals surface area contributed by atoms with E-state index >= 15 is 0 Å². The van der Waals surface area contributed by atoms with Gasteiger partial charge in [0.1, 0.15) is 17.9 Å². The van der Waals surface area contributed by atoms with Crippen LogP contribution in [0.25, 0.3) is 16.7 Å². The molecule has 1 aliphatic heterocycles. The first-order chi connectivity index (χ1) is 15.6. The molecule has 7 nitrogen and oxygen atoms in total. The van der Waals surface area contributed by atoms with Gasteiger partial charge in [-0.05, 0) is 61.1 Å². The molecule has 1 fully saturated rings. The number of halogens is 1. The zero-order chi connectivity index (χ0) is 22.1. The Bertz CT molecular complexity index is 1180. The van der Waals surface area contributed by atoms with Crippen molar-refractivity contribution in [3.63, 3.8) is 0 Å². The highest BCUT2D eigenvalue weighted by Gasteiger charge is 2.23. The fraction of sp³-hybridized carbons (Fsp3) is 0.333. The largest absolute Gasteiger partial charge is 0.493 e. The Kier molecular flexibility index (Phi) is 5.43. The Labute approximate surface area is 184 Å². The number of carbonyl (C=O) groups is 1. The number of amides is 2. The predicted octanol–water partition coefficient (Wildman–Crippen LogP) is 4.86. The Morgan fingerprint density at radius 3 is 2.84 bits per heavy atom. The second-order valence-corrected chi connectivity index (χ2v) is 8.05. The van der Waals surface area contributed by atoms with Gasteiger partial charge >= 0.3 is 6.03 Å². The van der Waals surface area contributed by atoms with Crippen LogP contribution in [-0.2, 0) is 6.54 Å². The number of fused-ring (bicyclic) bond motifs is 1. The fourth-order valence-corrected chi connectivity index (χ4v) is 4.17. The summed E-state index contributed by atoms with van der Waals surface area (Å²) in [5.74, 6) is 1.34. The topological polar surface area (TPSA) is 76.8 Å². The standard InChI is InChI=1S/C24H24FN3O4/c1-30-20-9-6-15(10-22(20)31-18-4-2-3-5-18)16-12-26-24(29)28(13-16)14-23-27-19-8-7-17(25)11-21(19)32-23/h6-11,13,18H,2-5,12,14H2,1H3,(H,26,29). The van der Waals surface area contributed by atoms with E-state index < -0.39 is 5.82 Å². The minimum absolute atomic E-state index is 0.132. The molecule has 2 aliphatic rings. The first-order valence-electron chi connectivity index (χ1n) is 10.7. The minimum Gasteiger partial charge on any atom is -0.493 e. The van der Waals surface area contributed by atoms with E-state index in [1.165, 1.54) is 29.9 Å². The monoisotopic (exact) mass is 437 g/mol. The van der Waals surface area contributed by atoms with E-state index in [1.54, 1.807) is 19.4 Å². The molecule has 1 aliphatic carbocycles. The summed E-state index contributed by atoms with van der Waals surface area (Å²) in [6.45, 7) is 0.524. The Balaban J connectivity index is 1.40. The summed E-state index contributed by atoms with van der Waals surface area (Å²) in [7, 11) is 1.63. The Morgan fingerprint density at radius 2 is 2.03 bits per heavy atom. The van der Waals surface area contributed by atoms with Crippen LogP contribution in [0.1, 0.15) is 37.1 Å². The van der Waals surface area contributed by atoms with E-state index in [0.717, 1.165) is 24.0 Å². The number of aromatic nitrogens is 1. The zero-order valence-corrected chi connectivity index (χ0v) is 17.8. The molecule has 0 unspecified atom stereocenters. The number of nitrogens with zero attached hydrogens (tertiary/aromatic N) is 2. The van der Waals surface area contributed by atoms with Gasteiger partial charge in [0.05, 0.1) is 13.2 Å². The number of hydrogen-bond donors (Lipinski definition) is 1. The number of methoxy groups -OCH3 is 1. The summed E-state index contributed by atoms with van der Waals surface area (Å²) < 4.78 is 30.7. The third-order valence-electron chi connectivity index (χ3n) is 5.83. The third-order valence-corrected chi connectivity index (χ3v) is 5.83. The SMILES string of the molecule is COc1ccc(C2=CN(Cc3nc4ccc(F)cc4o3)C(=O)NC2)cc1OC1CCCC1. The highest BCUT2D eigenvalue weighted by atomic mass is 19.1. The summed E-state index contributed by atoms with van der Waals surface area (Å²) in [5, 5.41) is 2.88. The molecular formula is C24H24FN3O4. The van der Waals surface area contributed by atoms with Crippen molar-refractivity contribution in [3.05, 3.63) is 59.9 Å². The Morgan fingerprint density at radius 1 is 1.19 bits per heavy atom. The fourth-order valence-electron chi connectivity index (χ4n) is 4.17. The normalized spacial score (nSPS) is 16.9. The number of rotatable bonds is 6. The molecule has 2 amide bonds.